The fourth-order valence-corrected chi connectivity index (χ4v) is 4.56. The van der Waals surface area contributed by atoms with Gasteiger partial charge in [-0.2, -0.15) is 0 Å². The molecule has 0 radical (unpaired) electrons. The van der Waals surface area contributed by atoms with Gasteiger partial charge in [0.05, 0.1) is 12.1 Å². The van der Waals surface area contributed by atoms with Crippen LogP contribution < -0.4 is 4.74 Å². The summed E-state index contributed by atoms with van der Waals surface area (Å²) >= 11 is 6.18. The fourth-order valence-electron chi connectivity index (χ4n) is 4.36. The van der Waals surface area contributed by atoms with Crippen LogP contribution in [0.4, 0.5) is 0 Å². The van der Waals surface area contributed by atoms with Gasteiger partial charge in [-0.3, -0.25) is 9.36 Å². The van der Waals surface area contributed by atoms with E-state index in [0.717, 1.165) is 48.6 Å². The van der Waals surface area contributed by atoms with E-state index in [1.165, 1.54) is 0 Å². The standard InChI is InChI=1S/C22H21ClN4O2/c23-16-6-9-19-15(11-16)12-17(28)13-20-25-26-22(27(19)20)14-4-7-18(8-5-14)29-21-3-1-2-10-24-21/h1-3,6,9-11,14,18H,4-5,7-8,12-13H2. The third-order valence-corrected chi connectivity index (χ3v) is 5.98. The van der Waals surface area contributed by atoms with Crippen LogP contribution in [0.25, 0.3) is 5.69 Å². The molecule has 0 atom stereocenters. The molecule has 3 aromatic rings. The molecular formula is C22H21ClN4O2. The van der Waals surface area contributed by atoms with Gasteiger partial charge in [-0.15, -0.1) is 10.2 Å². The van der Waals surface area contributed by atoms with Crippen molar-refractivity contribution in [1.29, 1.82) is 0 Å². The predicted octanol–water partition coefficient (Wildman–Crippen LogP) is 4.09. The molecule has 148 valence electrons. The van der Waals surface area contributed by atoms with Crippen molar-refractivity contribution < 1.29 is 9.53 Å². The number of ether oxygens (including phenoxy) is 1. The highest BCUT2D eigenvalue weighted by molar-refractivity contribution is 6.30. The first kappa shape index (κ1) is 18.3. The van der Waals surface area contributed by atoms with Gasteiger partial charge in [-0.1, -0.05) is 17.7 Å². The number of Topliss-reactive ketones (excluding diaryl/α,β-unsaturated/α-hetero) is 1. The van der Waals surface area contributed by atoms with E-state index in [2.05, 4.69) is 19.7 Å². The molecule has 1 aromatic carbocycles. The quantitative estimate of drug-likeness (QED) is 0.652. The molecule has 0 N–H and O–H groups in total. The van der Waals surface area contributed by atoms with Gasteiger partial charge in [0.1, 0.15) is 23.5 Å². The van der Waals surface area contributed by atoms with Crippen LogP contribution in [-0.4, -0.2) is 31.6 Å². The monoisotopic (exact) mass is 408 g/mol. The summed E-state index contributed by atoms with van der Waals surface area (Å²) in [5.74, 6) is 2.76. The molecule has 1 aliphatic carbocycles. The molecule has 0 saturated heterocycles. The van der Waals surface area contributed by atoms with Crippen LogP contribution in [0.5, 0.6) is 5.88 Å². The maximum Gasteiger partial charge on any atom is 0.213 e. The third-order valence-electron chi connectivity index (χ3n) is 5.74. The number of ketones is 1. The van der Waals surface area contributed by atoms with Crippen LogP contribution in [0.15, 0.2) is 42.6 Å². The van der Waals surface area contributed by atoms with E-state index in [0.29, 0.717) is 23.7 Å². The summed E-state index contributed by atoms with van der Waals surface area (Å²) in [4.78, 5) is 16.6. The number of benzene rings is 1. The Morgan fingerprint density at radius 1 is 1.03 bits per heavy atom. The van der Waals surface area contributed by atoms with E-state index in [1.807, 2.05) is 36.4 Å². The Hall–Kier alpha value is -2.73. The number of rotatable bonds is 3. The molecule has 0 unspecified atom stereocenters. The van der Waals surface area contributed by atoms with Crippen LogP contribution in [0, 0.1) is 0 Å². The van der Waals surface area contributed by atoms with Crippen molar-refractivity contribution in [1.82, 2.24) is 19.7 Å². The van der Waals surface area contributed by atoms with Crippen molar-refractivity contribution in [3.05, 3.63) is 64.8 Å². The largest absolute Gasteiger partial charge is 0.474 e. The third kappa shape index (κ3) is 3.65. The molecule has 3 heterocycles. The molecule has 29 heavy (non-hydrogen) atoms. The first-order valence-electron chi connectivity index (χ1n) is 10.00. The number of hydrogen-bond acceptors (Lipinski definition) is 5. The van der Waals surface area contributed by atoms with E-state index in [-0.39, 0.29) is 17.8 Å². The van der Waals surface area contributed by atoms with Crippen LogP contribution in [-0.2, 0) is 17.6 Å². The van der Waals surface area contributed by atoms with Gasteiger partial charge < -0.3 is 4.74 Å². The van der Waals surface area contributed by atoms with Crippen LogP contribution in [0.1, 0.15) is 48.8 Å². The van der Waals surface area contributed by atoms with Crippen molar-refractivity contribution in [3.8, 4) is 11.6 Å². The SMILES string of the molecule is O=C1Cc2cc(Cl)ccc2-n2c(nnc2C2CCC(Oc3ccccn3)CC2)C1. The first-order chi connectivity index (χ1) is 14.2. The van der Waals surface area contributed by atoms with Crippen LogP contribution >= 0.6 is 11.6 Å². The second-order valence-electron chi connectivity index (χ2n) is 7.73. The highest BCUT2D eigenvalue weighted by Gasteiger charge is 2.31. The Morgan fingerprint density at radius 3 is 2.69 bits per heavy atom. The van der Waals surface area contributed by atoms with Gasteiger partial charge in [0.2, 0.25) is 5.88 Å². The Morgan fingerprint density at radius 2 is 1.90 bits per heavy atom. The predicted molar refractivity (Wildman–Crippen MR) is 109 cm³/mol. The summed E-state index contributed by atoms with van der Waals surface area (Å²) in [5.41, 5.74) is 1.91. The maximum absolute atomic E-state index is 12.4. The highest BCUT2D eigenvalue weighted by atomic mass is 35.5. The molecule has 5 rings (SSSR count). The molecule has 0 bridgehead atoms. The van der Waals surface area contributed by atoms with Gasteiger partial charge in [-0.05, 0) is 55.5 Å². The maximum atomic E-state index is 12.4. The molecule has 0 spiro atoms. The summed E-state index contributed by atoms with van der Waals surface area (Å²) in [6.45, 7) is 0. The summed E-state index contributed by atoms with van der Waals surface area (Å²) in [6.07, 6.45) is 6.41. The smallest absolute Gasteiger partial charge is 0.213 e. The molecule has 6 nitrogen and oxygen atoms in total. The molecule has 1 saturated carbocycles. The molecule has 2 aromatic heterocycles. The summed E-state index contributed by atoms with van der Waals surface area (Å²) in [7, 11) is 0. The fraction of sp³-hybridized carbons (Fsp3) is 0.364. The molecule has 1 aliphatic heterocycles. The van der Waals surface area contributed by atoms with Gasteiger partial charge in [0.25, 0.3) is 0 Å². The second kappa shape index (κ2) is 7.59. The van der Waals surface area contributed by atoms with Crippen LogP contribution in [0.2, 0.25) is 5.02 Å². The van der Waals surface area contributed by atoms with Crippen molar-refractivity contribution >= 4 is 17.4 Å². The van der Waals surface area contributed by atoms with E-state index in [4.69, 9.17) is 16.3 Å². The number of aromatic nitrogens is 4. The number of pyridine rings is 1. The minimum Gasteiger partial charge on any atom is -0.474 e. The van der Waals surface area contributed by atoms with Gasteiger partial charge in [0.15, 0.2) is 0 Å². The zero-order valence-electron chi connectivity index (χ0n) is 15.9. The lowest BCUT2D eigenvalue weighted by Gasteiger charge is -2.28. The highest BCUT2D eigenvalue weighted by Crippen LogP contribution is 2.36. The summed E-state index contributed by atoms with van der Waals surface area (Å²) in [5, 5.41) is 9.51. The number of carbonyl (C=O) groups is 1. The number of halogens is 1. The minimum absolute atomic E-state index is 0.138. The lowest BCUT2D eigenvalue weighted by atomic mass is 9.86. The van der Waals surface area contributed by atoms with Crippen molar-refractivity contribution in [2.75, 3.05) is 0 Å². The van der Waals surface area contributed by atoms with Crippen LogP contribution in [0.3, 0.4) is 0 Å². The van der Waals surface area contributed by atoms with E-state index < -0.39 is 0 Å². The second-order valence-corrected chi connectivity index (χ2v) is 8.17. The summed E-state index contributed by atoms with van der Waals surface area (Å²) in [6, 6.07) is 11.4. The number of hydrogen-bond donors (Lipinski definition) is 0. The number of carbonyl (C=O) groups excluding carboxylic acids is 1. The first-order valence-corrected chi connectivity index (χ1v) is 10.4. The lowest BCUT2D eigenvalue weighted by molar-refractivity contribution is -0.117. The lowest BCUT2D eigenvalue weighted by Crippen LogP contribution is -2.25. The topological polar surface area (TPSA) is 69.9 Å². The zero-order valence-corrected chi connectivity index (χ0v) is 16.7. The molecular weight excluding hydrogens is 388 g/mol. The normalized spacial score (nSPS) is 21.2. The van der Waals surface area contributed by atoms with E-state index in [9.17, 15) is 4.79 Å². The Bertz CT molecular complexity index is 1040. The molecule has 7 heteroatoms. The van der Waals surface area contributed by atoms with E-state index in [1.54, 1.807) is 6.20 Å². The van der Waals surface area contributed by atoms with Gasteiger partial charge in [-0.25, -0.2) is 4.98 Å². The molecule has 1 fully saturated rings. The Labute approximate surface area is 173 Å². The Balaban J connectivity index is 1.39. The summed E-state index contributed by atoms with van der Waals surface area (Å²) < 4.78 is 8.11. The van der Waals surface area contributed by atoms with E-state index >= 15 is 0 Å². The molecule has 0 amide bonds. The van der Waals surface area contributed by atoms with Crippen molar-refractivity contribution in [2.45, 2.75) is 50.5 Å². The van der Waals surface area contributed by atoms with Crippen molar-refractivity contribution in [3.63, 3.8) is 0 Å². The minimum atomic E-state index is 0.138. The van der Waals surface area contributed by atoms with Crippen molar-refractivity contribution in [2.24, 2.45) is 0 Å². The Kier molecular flexibility index (Phi) is 4.79. The zero-order chi connectivity index (χ0) is 19.8. The number of fused-ring (bicyclic) bond motifs is 3. The average molecular weight is 409 g/mol. The van der Waals surface area contributed by atoms with Gasteiger partial charge in [0, 0.05) is 29.6 Å². The molecule has 2 aliphatic rings. The number of nitrogens with zero attached hydrogens (tertiary/aromatic N) is 4. The average Bonchev–Trinajstić information content (AvgIpc) is 3.06. The van der Waals surface area contributed by atoms with Gasteiger partial charge >= 0.3 is 0 Å².